The van der Waals surface area contributed by atoms with Gasteiger partial charge >= 0.3 is 0 Å². The third-order valence-corrected chi connectivity index (χ3v) is 15.7. The van der Waals surface area contributed by atoms with Crippen molar-refractivity contribution in [1.82, 2.24) is 18.6 Å². The summed E-state index contributed by atoms with van der Waals surface area (Å²) in [6.45, 7) is 5.42. The highest BCUT2D eigenvalue weighted by Gasteiger charge is 2.31. The molecule has 0 amide bonds. The summed E-state index contributed by atoms with van der Waals surface area (Å²) in [5.41, 5.74) is 4.69. The Hall–Kier alpha value is -5.84. The van der Waals surface area contributed by atoms with Gasteiger partial charge in [0.2, 0.25) is 20.0 Å². The number of rotatable bonds is 11. The van der Waals surface area contributed by atoms with Crippen molar-refractivity contribution in [2.24, 2.45) is 0 Å². The number of hydrogen-bond donors (Lipinski definition) is 0. The molecule has 4 aromatic carbocycles. The Bertz CT molecular complexity index is 2730. The maximum absolute atomic E-state index is 12.9. The van der Waals surface area contributed by atoms with E-state index in [1.54, 1.807) is 18.4 Å². The van der Waals surface area contributed by atoms with Crippen LogP contribution in [0.2, 0.25) is 0 Å². The first-order valence-electron chi connectivity index (χ1n) is 18.8. The fourth-order valence-corrected chi connectivity index (χ4v) is 11.3. The maximum Gasteiger partial charge on any atom is 0.269 e. The van der Waals surface area contributed by atoms with Crippen LogP contribution in [-0.2, 0) is 20.0 Å². The number of aromatic nitrogens is 2. The number of non-ortho nitro benzene ring substituents is 2. The first kappa shape index (κ1) is 43.3. The molecular weight excluding hydrogens is 865 g/mol. The lowest BCUT2D eigenvalue weighted by Crippen LogP contribution is -2.48. The smallest absolute Gasteiger partial charge is 0.269 e. The van der Waals surface area contributed by atoms with Gasteiger partial charge in [-0.3, -0.25) is 20.2 Å². The molecule has 318 valence electrons. The average Bonchev–Trinajstić information content (AvgIpc) is 3.99. The zero-order valence-electron chi connectivity index (χ0n) is 32.9. The number of aryl methyl sites for hydroxylation is 1. The molecule has 2 saturated heterocycles. The minimum Gasteiger partial charge on any atom is -0.497 e. The van der Waals surface area contributed by atoms with Crippen molar-refractivity contribution in [3.8, 4) is 28.3 Å². The monoisotopic (exact) mass is 904 g/mol. The molecule has 4 heterocycles. The number of ether oxygens (including phenoxy) is 1. The standard InChI is InChI=1S/C20H20N4O5S2.C20H20N4O4S2/c1-29-17-4-2-3-15(13-17)19-14-30-20(21-19)22-9-11-23(12-10-22)31(27,28)18-7-5-16(6-8-18)24(25)26;1-15-3-2-4-16(13-15)19-14-29-20(21-19)22-9-11-23(12-10-22)30(27,28)18-7-5-17(6-8-18)24(25)26/h2-8,13-14H,9-12H2,1H3;2-8,13-14H,9-12H2,1H3. The van der Waals surface area contributed by atoms with Gasteiger partial charge in [-0.1, -0.05) is 35.9 Å². The Labute approximate surface area is 360 Å². The second-order valence-corrected chi connectivity index (χ2v) is 19.5. The third-order valence-electron chi connectivity index (χ3n) is 10.1. The van der Waals surface area contributed by atoms with Crippen LogP contribution in [0, 0.1) is 27.2 Å². The van der Waals surface area contributed by atoms with E-state index in [4.69, 9.17) is 14.7 Å². The van der Waals surface area contributed by atoms with Crippen molar-refractivity contribution in [2.75, 3.05) is 69.3 Å². The number of benzene rings is 4. The van der Waals surface area contributed by atoms with Gasteiger partial charge < -0.3 is 14.5 Å². The summed E-state index contributed by atoms with van der Waals surface area (Å²) in [6, 6.07) is 25.8. The van der Waals surface area contributed by atoms with Crippen molar-refractivity contribution >= 4 is 64.4 Å². The maximum atomic E-state index is 12.9. The zero-order chi connectivity index (χ0) is 43.3. The highest BCUT2D eigenvalue weighted by molar-refractivity contribution is 7.89. The van der Waals surface area contributed by atoms with E-state index in [9.17, 15) is 37.1 Å². The number of nitrogens with zero attached hydrogens (tertiary/aromatic N) is 8. The van der Waals surface area contributed by atoms with Crippen LogP contribution in [0.4, 0.5) is 21.6 Å². The molecule has 21 heteroatoms. The SMILES string of the molecule is COc1cccc(-c2csc(N3CCN(S(=O)(=O)c4ccc([N+](=O)[O-])cc4)CC3)n2)c1.Cc1cccc(-c2csc(N3CCN(S(=O)(=O)c4ccc([N+](=O)[O-])cc4)CC3)n2)c1. The zero-order valence-corrected chi connectivity index (χ0v) is 36.2. The molecule has 8 rings (SSSR count). The topological polar surface area (TPSA) is 203 Å². The number of nitro benzene ring substituents is 2. The van der Waals surface area contributed by atoms with E-state index in [-0.39, 0.29) is 21.2 Å². The molecule has 0 unspecified atom stereocenters. The number of nitro groups is 2. The Morgan fingerprint density at radius 1 is 0.590 bits per heavy atom. The van der Waals surface area contributed by atoms with Crippen molar-refractivity contribution in [3.05, 3.63) is 134 Å². The Kier molecular flexibility index (Phi) is 13.1. The van der Waals surface area contributed by atoms with E-state index >= 15 is 0 Å². The highest BCUT2D eigenvalue weighted by atomic mass is 32.2. The fourth-order valence-electron chi connectivity index (χ4n) is 6.69. The molecule has 0 spiro atoms. The van der Waals surface area contributed by atoms with Crippen molar-refractivity contribution < 1.29 is 31.4 Å². The molecular formula is C40H40N8O9S4. The van der Waals surface area contributed by atoms with Crippen LogP contribution in [0.1, 0.15) is 5.56 Å². The molecule has 2 aliphatic heterocycles. The molecule has 2 aromatic heterocycles. The summed E-state index contributed by atoms with van der Waals surface area (Å²) in [4.78, 5) is 34.2. The van der Waals surface area contributed by atoms with Gasteiger partial charge in [0, 0.05) is 98.5 Å². The summed E-state index contributed by atoms with van der Waals surface area (Å²) in [5.74, 6) is 0.761. The molecule has 0 saturated carbocycles. The Balaban J connectivity index is 0.000000184. The van der Waals surface area contributed by atoms with Gasteiger partial charge in [0.05, 0.1) is 38.1 Å². The third kappa shape index (κ3) is 9.87. The summed E-state index contributed by atoms with van der Waals surface area (Å²) < 4.78 is 59.5. The number of thiazole rings is 2. The number of anilines is 2. The quantitative estimate of drug-likeness (QED) is 0.0974. The second-order valence-electron chi connectivity index (χ2n) is 13.9. The number of methoxy groups -OCH3 is 1. The van der Waals surface area contributed by atoms with Gasteiger partial charge in [-0.05, 0) is 49.4 Å². The lowest BCUT2D eigenvalue weighted by molar-refractivity contribution is -0.385. The van der Waals surface area contributed by atoms with Crippen LogP contribution in [0.25, 0.3) is 22.5 Å². The molecule has 0 radical (unpaired) electrons. The number of sulfonamides is 2. The summed E-state index contributed by atoms with van der Waals surface area (Å²) in [5, 5.41) is 27.3. The number of piperazine rings is 2. The molecule has 0 atom stereocenters. The fraction of sp³-hybridized carbons (Fsp3) is 0.250. The Morgan fingerprint density at radius 2 is 1.00 bits per heavy atom. The predicted octanol–water partition coefficient (Wildman–Crippen LogP) is 6.78. The molecule has 0 N–H and O–H groups in total. The van der Waals surface area contributed by atoms with Crippen molar-refractivity contribution in [1.29, 1.82) is 0 Å². The summed E-state index contributed by atoms with van der Waals surface area (Å²) in [6.07, 6.45) is 0. The van der Waals surface area contributed by atoms with Gasteiger partial charge in [-0.15, -0.1) is 22.7 Å². The predicted molar refractivity (Wildman–Crippen MR) is 235 cm³/mol. The molecule has 2 fully saturated rings. The molecule has 17 nitrogen and oxygen atoms in total. The number of hydrogen-bond acceptors (Lipinski definition) is 15. The molecule has 2 aliphatic rings. The van der Waals surface area contributed by atoms with E-state index in [0.29, 0.717) is 52.4 Å². The lowest BCUT2D eigenvalue weighted by Gasteiger charge is -2.33. The van der Waals surface area contributed by atoms with E-state index in [0.717, 1.165) is 38.5 Å². The minimum atomic E-state index is -3.70. The van der Waals surface area contributed by atoms with Crippen LogP contribution >= 0.6 is 22.7 Å². The van der Waals surface area contributed by atoms with Crippen molar-refractivity contribution in [2.45, 2.75) is 16.7 Å². The van der Waals surface area contributed by atoms with Crippen LogP contribution < -0.4 is 14.5 Å². The lowest BCUT2D eigenvalue weighted by atomic mass is 10.1. The van der Waals surface area contributed by atoms with Crippen LogP contribution in [0.3, 0.4) is 0 Å². The van der Waals surface area contributed by atoms with Crippen molar-refractivity contribution in [3.63, 3.8) is 0 Å². The molecule has 0 bridgehead atoms. The summed E-state index contributed by atoms with van der Waals surface area (Å²) in [7, 11) is -5.77. The van der Waals surface area contributed by atoms with Gasteiger partial charge in [-0.25, -0.2) is 26.8 Å². The van der Waals surface area contributed by atoms with Gasteiger partial charge in [0.25, 0.3) is 11.4 Å². The molecule has 6 aromatic rings. The first-order valence-corrected chi connectivity index (χ1v) is 23.5. The minimum absolute atomic E-state index is 0.0566. The van der Waals surface area contributed by atoms with Gasteiger partial charge in [0.1, 0.15) is 5.75 Å². The van der Waals surface area contributed by atoms with E-state index in [1.165, 1.54) is 74.0 Å². The largest absolute Gasteiger partial charge is 0.497 e. The molecule has 61 heavy (non-hydrogen) atoms. The van der Waals surface area contributed by atoms with Gasteiger partial charge in [-0.2, -0.15) is 8.61 Å². The van der Waals surface area contributed by atoms with Gasteiger partial charge in [0.15, 0.2) is 10.3 Å². The van der Waals surface area contributed by atoms with Crippen LogP contribution in [0.15, 0.2) is 118 Å². The van der Waals surface area contributed by atoms with Crippen LogP contribution in [0.5, 0.6) is 5.75 Å². The van der Waals surface area contributed by atoms with E-state index in [2.05, 4.69) is 15.9 Å². The van der Waals surface area contributed by atoms with E-state index < -0.39 is 29.9 Å². The molecule has 0 aliphatic carbocycles. The van der Waals surface area contributed by atoms with Crippen LogP contribution in [-0.4, -0.2) is 105 Å². The second kappa shape index (κ2) is 18.4. The van der Waals surface area contributed by atoms with E-state index in [1.807, 2.05) is 60.1 Å². The summed E-state index contributed by atoms with van der Waals surface area (Å²) >= 11 is 3.07. The first-order chi connectivity index (χ1) is 29.2. The Morgan fingerprint density at radius 3 is 1.39 bits per heavy atom. The average molecular weight is 905 g/mol. The highest BCUT2D eigenvalue weighted by Crippen LogP contribution is 2.32. The normalized spacial score (nSPS) is 15.2.